The van der Waals surface area contributed by atoms with Crippen LogP contribution in [0, 0.1) is 0 Å². The largest absolute Gasteiger partial charge is 0.378 e. The average Bonchev–Trinajstić information content (AvgIpc) is 2.99. The van der Waals surface area contributed by atoms with Crippen LogP contribution in [0.5, 0.6) is 0 Å². The summed E-state index contributed by atoms with van der Waals surface area (Å²) in [4.78, 5) is 41.2. The van der Waals surface area contributed by atoms with Crippen molar-refractivity contribution in [3.63, 3.8) is 0 Å². The van der Waals surface area contributed by atoms with Crippen LogP contribution in [-0.4, -0.2) is 46.7 Å². The molecule has 0 radical (unpaired) electrons. The third-order valence-electron chi connectivity index (χ3n) is 4.23. The topological polar surface area (TPSA) is 94.2 Å². The second kappa shape index (κ2) is 7.36. The van der Waals surface area contributed by atoms with Crippen molar-refractivity contribution in [2.24, 2.45) is 0 Å². The van der Waals surface area contributed by atoms with E-state index in [0.717, 1.165) is 15.9 Å². The number of hydrogen-bond acceptors (Lipinski definition) is 4. The molecule has 0 saturated carbocycles. The van der Waals surface area contributed by atoms with E-state index >= 15 is 0 Å². The predicted molar refractivity (Wildman–Crippen MR) is 104 cm³/mol. The number of carbonyl (C=O) groups is 1. The smallest absolute Gasteiger partial charge is 0.349 e. The van der Waals surface area contributed by atoms with Crippen LogP contribution in [-0.2, 0) is 6.54 Å². The number of anilines is 1. The maximum atomic E-state index is 12.6. The third kappa shape index (κ3) is 4.00. The molecule has 0 fully saturated rings. The molecule has 3 aromatic rings. The molecule has 0 aliphatic heterocycles. The van der Waals surface area contributed by atoms with Gasteiger partial charge in [-0.25, -0.2) is 19.4 Å². The SMILES string of the molecule is CN(Cc1ccc(N(C)C)cc1)C(=O)c1ccc(-n2[nH]c(=O)[nH]c2=O)cc1. The van der Waals surface area contributed by atoms with Gasteiger partial charge in [0, 0.05) is 38.9 Å². The summed E-state index contributed by atoms with van der Waals surface area (Å²) in [6.07, 6.45) is 0. The molecule has 0 spiro atoms. The minimum atomic E-state index is -0.583. The van der Waals surface area contributed by atoms with Crippen molar-refractivity contribution in [3.05, 3.63) is 80.6 Å². The van der Waals surface area contributed by atoms with Crippen LogP contribution in [0.25, 0.3) is 5.69 Å². The first-order valence-electron chi connectivity index (χ1n) is 8.38. The number of nitrogens with one attached hydrogen (secondary N) is 2. The van der Waals surface area contributed by atoms with Gasteiger partial charge < -0.3 is 9.80 Å². The molecule has 27 heavy (non-hydrogen) atoms. The summed E-state index contributed by atoms with van der Waals surface area (Å²) < 4.78 is 1.09. The fraction of sp³-hybridized carbons (Fsp3) is 0.211. The van der Waals surface area contributed by atoms with E-state index in [-0.39, 0.29) is 5.91 Å². The lowest BCUT2D eigenvalue weighted by molar-refractivity contribution is 0.0785. The van der Waals surface area contributed by atoms with Gasteiger partial charge in [-0.1, -0.05) is 12.1 Å². The number of amides is 1. The van der Waals surface area contributed by atoms with Gasteiger partial charge in [-0.3, -0.25) is 9.78 Å². The molecule has 0 saturated heterocycles. The van der Waals surface area contributed by atoms with Crippen molar-refractivity contribution in [2.75, 3.05) is 26.0 Å². The van der Waals surface area contributed by atoms with E-state index in [2.05, 4.69) is 10.1 Å². The Labute approximate surface area is 155 Å². The lowest BCUT2D eigenvalue weighted by Crippen LogP contribution is -2.26. The van der Waals surface area contributed by atoms with Crippen molar-refractivity contribution >= 4 is 11.6 Å². The number of rotatable bonds is 5. The summed E-state index contributed by atoms with van der Waals surface area (Å²) in [5, 5.41) is 2.37. The quantitative estimate of drug-likeness (QED) is 0.708. The zero-order valence-corrected chi connectivity index (χ0v) is 15.4. The van der Waals surface area contributed by atoms with Crippen molar-refractivity contribution in [3.8, 4) is 5.69 Å². The van der Waals surface area contributed by atoms with E-state index in [1.54, 1.807) is 36.2 Å². The van der Waals surface area contributed by atoms with Crippen LogP contribution in [0.1, 0.15) is 15.9 Å². The second-order valence-electron chi connectivity index (χ2n) is 6.48. The van der Waals surface area contributed by atoms with Crippen LogP contribution >= 0.6 is 0 Å². The molecule has 2 N–H and O–H groups in total. The van der Waals surface area contributed by atoms with E-state index in [1.165, 1.54) is 0 Å². The number of aromatic amines is 2. The van der Waals surface area contributed by atoms with Crippen LogP contribution in [0.3, 0.4) is 0 Å². The maximum absolute atomic E-state index is 12.6. The maximum Gasteiger partial charge on any atom is 0.349 e. The van der Waals surface area contributed by atoms with Crippen LogP contribution in [0.15, 0.2) is 58.1 Å². The van der Waals surface area contributed by atoms with E-state index in [1.807, 2.05) is 43.3 Å². The molecule has 3 rings (SSSR count). The highest BCUT2D eigenvalue weighted by Gasteiger charge is 2.13. The highest BCUT2D eigenvalue weighted by Crippen LogP contribution is 2.15. The number of aromatic nitrogens is 3. The Morgan fingerprint density at radius 3 is 2.11 bits per heavy atom. The standard InChI is InChI=1S/C19H21N5O3/c1-22(2)15-8-4-13(5-9-15)12-23(3)17(25)14-6-10-16(11-7-14)24-19(27)20-18(26)21-24/h4-11H,12H2,1-3H3,(H2,20,21,26,27). The second-order valence-corrected chi connectivity index (χ2v) is 6.48. The zero-order valence-electron chi connectivity index (χ0n) is 15.4. The Morgan fingerprint density at radius 2 is 1.59 bits per heavy atom. The van der Waals surface area contributed by atoms with Crippen molar-refractivity contribution < 1.29 is 4.79 Å². The molecule has 8 heteroatoms. The van der Waals surface area contributed by atoms with Crippen LogP contribution < -0.4 is 16.3 Å². The van der Waals surface area contributed by atoms with E-state index in [4.69, 9.17) is 0 Å². The lowest BCUT2D eigenvalue weighted by atomic mass is 10.1. The van der Waals surface area contributed by atoms with Gasteiger partial charge in [-0.15, -0.1) is 0 Å². The molecule has 8 nitrogen and oxygen atoms in total. The molecule has 1 aromatic heterocycles. The molecular weight excluding hydrogens is 346 g/mol. The Bertz CT molecular complexity index is 1040. The van der Waals surface area contributed by atoms with Gasteiger partial charge in [0.05, 0.1) is 5.69 Å². The third-order valence-corrected chi connectivity index (χ3v) is 4.23. The monoisotopic (exact) mass is 367 g/mol. The van der Waals surface area contributed by atoms with Crippen LogP contribution in [0.4, 0.5) is 5.69 Å². The molecular formula is C19H21N5O3. The Kier molecular flexibility index (Phi) is 4.98. The first-order chi connectivity index (χ1) is 12.8. The van der Waals surface area contributed by atoms with Crippen LogP contribution in [0.2, 0.25) is 0 Å². The normalized spacial score (nSPS) is 10.6. The van der Waals surface area contributed by atoms with Gasteiger partial charge in [0.25, 0.3) is 5.91 Å². The number of hydrogen-bond donors (Lipinski definition) is 2. The van der Waals surface area contributed by atoms with Gasteiger partial charge >= 0.3 is 11.4 Å². The molecule has 140 valence electrons. The van der Waals surface area contributed by atoms with Gasteiger partial charge in [0.2, 0.25) is 0 Å². The van der Waals surface area contributed by atoms with Crippen molar-refractivity contribution in [2.45, 2.75) is 6.54 Å². The molecule has 1 heterocycles. The summed E-state index contributed by atoms with van der Waals surface area (Å²) in [7, 11) is 5.70. The minimum Gasteiger partial charge on any atom is -0.378 e. The lowest BCUT2D eigenvalue weighted by Gasteiger charge is -2.18. The summed E-state index contributed by atoms with van der Waals surface area (Å²) in [6, 6.07) is 14.5. The molecule has 1 amide bonds. The van der Waals surface area contributed by atoms with E-state index in [9.17, 15) is 14.4 Å². The first-order valence-corrected chi connectivity index (χ1v) is 8.38. The summed E-state index contributed by atoms with van der Waals surface area (Å²) >= 11 is 0. The number of H-pyrrole nitrogens is 2. The molecule has 2 aromatic carbocycles. The highest BCUT2D eigenvalue weighted by molar-refractivity contribution is 5.94. The van der Waals surface area contributed by atoms with Gasteiger partial charge in [0.1, 0.15) is 0 Å². The van der Waals surface area contributed by atoms with Gasteiger partial charge in [0.15, 0.2) is 0 Å². The summed E-state index contributed by atoms with van der Waals surface area (Å²) in [5.41, 5.74) is 1.96. The summed E-state index contributed by atoms with van der Waals surface area (Å²) in [6.45, 7) is 0.485. The van der Waals surface area contributed by atoms with Crippen molar-refractivity contribution in [1.29, 1.82) is 0 Å². The summed E-state index contributed by atoms with van der Waals surface area (Å²) in [5.74, 6) is -0.131. The Balaban J connectivity index is 1.72. The molecule has 0 bridgehead atoms. The van der Waals surface area contributed by atoms with E-state index < -0.39 is 11.4 Å². The Hall–Kier alpha value is -3.55. The van der Waals surface area contributed by atoms with E-state index in [0.29, 0.717) is 17.8 Å². The fourth-order valence-corrected chi connectivity index (χ4v) is 2.73. The van der Waals surface area contributed by atoms with Crippen molar-refractivity contribution in [1.82, 2.24) is 19.7 Å². The molecule has 0 aliphatic rings. The number of nitrogens with zero attached hydrogens (tertiary/aromatic N) is 3. The zero-order chi connectivity index (χ0) is 19.6. The Morgan fingerprint density at radius 1 is 0.963 bits per heavy atom. The highest BCUT2D eigenvalue weighted by atomic mass is 16.2. The molecule has 0 unspecified atom stereocenters. The fourth-order valence-electron chi connectivity index (χ4n) is 2.73. The minimum absolute atomic E-state index is 0.131. The van der Waals surface area contributed by atoms with Gasteiger partial charge in [-0.2, -0.15) is 0 Å². The number of benzene rings is 2. The molecule has 0 aliphatic carbocycles. The first kappa shape index (κ1) is 18.2. The number of carbonyl (C=O) groups excluding carboxylic acids is 1. The molecule has 0 atom stereocenters. The average molecular weight is 367 g/mol. The van der Waals surface area contributed by atoms with Gasteiger partial charge in [-0.05, 0) is 42.0 Å². The predicted octanol–water partition coefficient (Wildman–Crippen LogP) is 1.19.